The quantitative estimate of drug-likeness (QED) is 0.635. The lowest BCUT2D eigenvalue weighted by Gasteiger charge is -2.05. The van der Waals surface area contributed by atoms with E-state index in [9.17, 15) is 0 Å². The molecule has 0 amide bonds. The molecule has 3 nitrogen and oxygen atoms in total. The minimum Gasteiger partial charge on any atom is -0.463 e. The molecular weight excluding hydrogens is 212 g/mol. The van der Waals surface area contributed by atoms with Gasteiger partial charge in [0.05, 0.1) is 12.0 Å². The number of furan rings is 1. The number of pyridine rings is 1. The molecule has 0 aliphatic carbocycles. The molecule has 3 heterocycles. The molecule has 0 atom stereocenters. The lowest BCUT2D eigenvalue weighted by Crippen LogP contribution is -1.94. The molecule has 0 aliphatic rings. The Morgan fingerprint density at radius 2 is 2.00 bits per heavy atom. The Bertz CT molecular complexity index is 678. The van der Waals surface area contributed by atoms with E-state index in [-0.39, 0.29) is 0 Å². The molecule has 0 saturated carbocycles. The largest absolute Gasteiger partial charge is 0.463 e. The fourth-order valence-electron chi connectivity index (χ4n) is 2.35. The summed E-state index contributed by atoms with van der Waals surface area (Å²) in [5.74, 6) is 0.863. The van der Waals surface area contributed by atoms with Gasteiger partial charge in [-0.15, -0.1) is 0 Å². The first-order chi connectivity index (χ1) is 8.16. The number of imidazole rings is 1. The molecule has 0 bridgehead atoms. The van der Waals surface area contributed by atoms with E-state index in [1.807, 2.05) is 19.1 Å². The van der Waals surface area contributed by atoms with Crippen LogP contribution in [0.2, 0.25) is 0 Å². The average molecular weight is 226 g/mol. The van der Waals surface area contributed by atoms with Crippen LogP contribution in [0.15, 0.2) is 34.9 Å². The van der Waals surface area contributed by atoms with E-state index in [1.165, 1.54) is 11.3 Å². The molecule has 3 heteroatoms. The van der Waals surface area contributed by atoms with Gasteiger partial charge in [0.25, 0.3) is 0 Å². The molecule has 17 heavy (non-hydrogen) atoms. The molecule has 0 aromatic carbocycles. The van der Waals surface area contributed by atoms with Crippen molar-refractivity contribution in [3.05, 3.63) is 47.5 Å². The van der Waals surface area contributed by atoms with Gasteiger partial charge in [-0.05, 0) is 50.6 Å². The third-order valence-corrected chi connectivity index (χ3v) is 2.98. The van der Waals surface area contributed by atoms with Gasteiger partial charge in [0.1, 0.15) is 11.3 Å². The van der Waals surface area contributed by atoms with Crippen LogP contribution in [-0.4, -0.2) is 9.38 Å². The van der Waals surface area contributed by atoms with Crippen molar-refractivity contribution >= 4 is 5.65 Å². The Kier molecular flexibility index (Phi) is 2.08. The summed E-state index contributed by atoms with van der Waals surface area (Å²) in [6.07, 6.45) is 1.69. The maximum atomic E-state index is 5.49. The van der Waals surface area contributed by atoms with Crippen LogP contribution in [0, 0.1) is 20.8 Å². The van der Waals surface area contributed by atoms with Gasteiger partial charge >= 0.3 is 0 Å². The third-order valence-electron chi connectivity index (χ3n) is 2.98. The monoisotopic (exact) mass is 226 g/mol. The highest BCUT2D eigenvalue weighted by molar-refractivity contribution is 5.64. The van der Waals surface area contributed by atoms with Crippen LogP contribution in [0.3, 0.4) is 0 Å². The summed E-state index contributed by atoms with van der Waals surface area (Å²) >= 11 is 0. The van der Waals surface area contributed by atoms with Crippen LogP contribution in [0.25, 0.3) is 17.1 Å². The van der Waals surface area contributed by atoms with Gasteiger partial charge in [0, 0.05) is 5.69 Å². The van der Waals surface area contributed by atoms with Crippen LogP contribution in [0.5, 0.6) is 0 Å². The van der Waals surface area contributed by atoms with Gasteiger partial charge in [-0.25, -0.2) is 4.98 Å². The Morgan fingerprint density at radius 1 is 1.18 bits per heavy atom. The van der Waals surface area contributed by atoms with Gasteiger partial charge < -0.3 is 4.42 Å². The number of fused-ring (bicyclic) bond motifs is 1. The van der Waals surface area contributed by atoms with Crippen LogP contribution in [0.1, 0.15) is 17.0 Å². The third kappa shape index (κ3) is 1.46. The summed E-state index contributed by atoms with van der Waals surface area (Å²) in [4.78, 5) is 4.59. The van der Waals surface area contributed by atoms with Crippen molar-refractivity contribution in [3.63, 3.8) is 0 Å². The maximum absolute atomic E-state index is 5.49. The first-order valence-electron chi connectivity index (χ1n) is 5.67. The SMILES string of the molecule is Cc1cc(C)n2c(-c3ccco3)c(C)nc2c1. The minimum atomic E-state index is 0.863. The molecule has 0 fully saturated rings. The van der Waals surface area contributed by atoms with Crippen LogP contribution < -0.4 is 0 Å². The van der Waals surface area contributed by atoms with Crippen molar-refractivity contribution in [1.29, 1.82) is 0 Å². The molecule has 86 valence electrons. The molecule has 0 radical (unpaired) electrons. The van der Waals surface area contributed by atoms with Gasteiger partial charge in [-0.3, -0.25) is 4.40 Å². The summed E-state index contributed by atoms with van der Waals surface area (Å²) in [6, 6.07) is 8.11. The lowest BCUT2D eigenvalue weighted by atomic mass is 10.2. The standard InChI is InChI=1S/C14H14N2O/c1-9-7-10(2)16-13(8-9)15-11(3)14(16)12-5-4-6-17-12/h4-8H,1-3H3. The number of hydrogen-bond donors (Lipinski definition) is 0. The predicted octanol–water partition coefficient (Wildman–Crippen LogP) is 3.52. The zero-order valence-electron chi connectivity index (χ0n) is 10.2. The molecule has 0 unspecified atom stereocenters. The van der Waals surface area contributed by atoms with E-state index in [4.69, 9.17) is 4.42 Å². The van der Waals surface area contributed by atoms with E-state index < -0.39 is 0 Å². The first-order valence-corrected chi connectivity index (χ1v) is 5.67. The maximum Gasteiger partial charge on any atom is 0.152 e. The molecular formula is C14H14N2O. The summed E-state index contributed by atoms with van der Waals surface area (Å²) in [7, 11) is 0. The molecule has 3 rings (SSSR count). The van der Waals surface area contributed by atoms with E-state index in [2.05, 4.69) is 35.4 Å². The van der Waals surface area contributed by atoms with Crippen LogP contribution >= 0.6 is 0 Å². The first kappa shape index (κ1) is 10.1. The minimum absolute atomic E-state index is 0.863. The Hall–Kier alpha value is -2.03. The fourth-order valence-corrected chi connectivity index (χ4v) is 2.35. The normalized spacial score (nSPS) is 11.2. The highest BCUT2D eigenvalue weighted by Crippen LogP contribution is 2.26. The topological polar surface area (TPSA) is 30.4 Å². The number of aromatic nitrogens is 2. The smallest absolute Gasteiger partial charge is 0.152 e. The Balaban J connectivity index is 2.42. The zero-order valence-corrected chi connectivity index (χ0v) is 10.2. The molecule has 0 N–H and O–H groups in total. The zero-order chi connectivity index (χ0) is 12.0. The summed E-state index contributed by atoms with van der Waals surface area (Å²) in [6.45, 7) is 6.19. The molecule has 3 aromatic rings. The Morgan fingerprint density at radius 3 is 2.71 bits per heavy atom. The van der Waals surface area contributed by atoms with E-state index >= 15 is 0 Å². The summed E-state index contributed by atoms with van der Waals surface area (Å²) < 4.78 is 7.63. The summed E-state index contributed by atoms with van der Waals surface area (Å²) in [5.41, 5.74) is 5.42. The second-order valence-electron chi connectivity index (χ2n) is 4.39. The van der Waals surface area contributed by atoms with Crippen LogP contribution in [0.4, 0.5) is 0 Å². The molecule has 0 spiro atoms. The lowest BCUT2D eigenvalue weighted by molar-refractivity contribution is 0.578. The van der Waals surface area contributed by atoms with Gasteiger partial charge in [-0.1, -0.05) is 0 Å². The van der Waals surface area contributed by atoms with E-state index in [0.717, 1.165) is 22.8 Å². The molecule has 0 aliphatic heterocycles. The number of hydrogen-bond acceptors (Lipinski definition) is 2. The van der Waals surface area contributed by atoms with Crippen LogP contribution in [-0.2, 0) is 0 Å². The second kappa shape index (κ2) is 3.48. The fraction of sp³-hybridized carbons (Fsp3) is 0.214. The van der Waals surface area contributed by atoms with Gasteiger partial charge in [-0.2, -0.15) is 0 Å². The number of aryl methyl sites for hydroxylation is 3. The number of rotatable bonds is 1. The van der Waals surface area contributed by atoms with E-state index in [0.29, 0.717) is 0 Å². The predicted molar refractivity (Wildman–Crippen MR) is 67.1 cm³/mol. The highest BCUT2D eigenvalue weighted by Gasteiger charge is 2.14. The summed E-state index contributed by atoms with van der Waals surface area (Å²) in [5, 5.41) is 0. The van der Waals surface area contributed by atoms with Crippen molar-refractivity contribution in [3.8, 4) is 11.5 Å². The van der Waals surface area contributed by atoms with Crippen molar-refractivity contribution in [2.24, 2.45) is 0 Å². The van der Waals surface area contributed by atoms with E-state index in [1.54, 1.807) is 6.26 Å². The van der Waals surface area contributed by atoms with Gasteiger partial charge in [0.2, 0.25) is 0 Å². The van der Waals surface area contributed by atoms with Crippen molar-refractivity contribution < 1.29 is 4.42 Å². The molecule has 0 saturated heterocycles. The van der Waals surface area contributed by atoms with Crippen molar-refractivity contribution in [2.75, 3.05) is 0 Å². The molecule has 3 aromatic heterocycles. The van der Waals surface area contributed by atoms with Crippen molar-refractivity contribution in [1.82, 2.24) is 9.38 Å². The average Bonchev–Trinajstić information content (AvgIpc) is 2.83. The number of nitrogens with zero attached hydrogens (tertiary/aromatic N) is 2. The Labute approximate surface area is 99.7 Å². The van der Waals surface area contributed by atoms with Gasteiger partial charge in [0.15, 0.2) is 5.76 Å². The van der Waals surface area contributed by atoms with Crippen molar-refractivity contribution in [2.45, 2.75) is 20.8 Å². The highest BCUT2D eigenvalue weighted by atomic mass is 16.3. The second-order valence-corrected chi connectivity index (χ2v) is 4.39.